The van der Waals surface area contributed by atoms with Crippen molar-refractivity contribution < 1.29 is 0 Å². The van der Waals surface area contributed by atoms with Crippen molar-refractivity contribution >= 4 is 0 Å². The Balaban J connectivity index is 1.96. The van der Waals surface area contributed by atoms with Crippen molar-refractivity contribution in [2.45, 2.75) is 44.2 Å². The van der Waals surface area contributed by atoms with Gasteiger partial charge in [0, 0.05) is 31.2 Å². The number of nitrogens with zero attached hydrogens (tertiary/aromatic N) is 1. The molecule has 2 aliphatic rings. The second kappa shape index (κ2) is 4.86. The van der Waals surface area contributed by atoms with Crippen molar-refractivity contribution in [1.82, 2.24) is 10.2 Å². The molecule has 2 atom stereocenters. The Morgan fingerprint density at radius 2 is 2.38 bits per heavy atom. The number of nitrogens with two attached hydrogens (primary N) is 1. The molecule has 16 heavy (non-hydrogen) atoms. The summed E-state index contributed by atoms with van der Waals surface area (Å²) in [5.41, 5.74) is 7.36. The van der Waals surface area contributed by atoms with Gasteiger partial charge in [-0.15, -0.1) is 0 Å². The third-order valence-electron chi connectivity index (χ3n) is 4.16. The van der Waals surface area contributed by atoms with Crippen molar-refractivity contribution in [2.75, 3.05) is 26.2 Å². The number of piperidine rings is 1. The topological polar surface area (TPSA) is 41.3 Å². The molecule has 0 bridgehead atoms. The lowest BCUT2D eigenvalue weighted by molar-refractivity contribution is 0.113. The zero-order chi connectivity index (χ0) is 11.6. The van der Waals surface area contributed by atoms with E-state index in [1.807, 2.05) is 0 Å². The van der Waals surface area contributed by atoms with E-state index in [1.54, 1.807) is 0 Å². The van der Waals surface area contributed by atoms with E-state index in [2.05, 4.69) is 23.7 Å². The van der Waals surface area contributed by atoms with Crippen LogP contribution in [0.15, 0.2) is 12.2 Å². The molecule has 2 rings (SSSR count). The van der Waals surface area contributed by atoms with Crippen molar-refractivity contribution in [3.05, 3.63) is 12.2 Å². The summed E-state index contributed by atoms with van der Waals surface area (Å²) >= 11 is 0. The quantitative estimate of drug-likeness (QED) is 0.702. The molecule has 0 saturated carbocycles. The van der Waals surface area contributed by atoms with Gasteiger partial charge in [0.1, 0.15) is 0 Å². The minimum atomic E-state index is 0.171. The van der Waals surface area contributed by atoms with E-state index in [9.17, 15) is 0 Å². The Morgan fingerprint density at radius 3 is 3.06 bits per heavy atom. The van der Waals surface area contributed by atoms with E-state index in [-0.39, 0.29) is 5.54 Å². The van der Waals surface area contributed by atoms with Crippen LogP contribution in [0.25, 0.3) is 0 Å². The highest BCUT2D eigenvalue weighted by Crippen LogP contribution is 2.32. The van der Waals surface area contributed by atoms with E-state index in [1.165, 1.54) is 44.3 Å². The summed E-state index contributed by atoms with van der Waals surface area (Å²) in [5, 5.41) is 3.65. The van der Waals surface area contributed by atoms with Gasteiger partial charge in [-0.2, -0.15) is 0 Å². The number of rotatable bonds is 4. The molecule has 0 aliphatic carbocycles. The molecule has 0 amide bonds. The summed E-state index contributed by atoms with van der Waals surface area (Å²) in [6, 6.07) is 0.773. The van der Waals surface area contributed by atoms with Crippen molar-refractivity contribution in [3.63, 3.8) is 0 Å². The van der Waals surface area contributed by atoms with Gasteiger partial charge in [-0.1, -0.05) is 12.2 Å². The van der Waals surface area contributed by atoms with Crippen LogP contribution in [0, 0.1) is 0 Å². The molecule has 3 nitrogen and oxygen atoms in total. The summed E-state index contributed by atoms with van der Waals surface area (Å²) in [5.74, 6) is 0. The van der Waals surface area contributed by atoms with Crippen molar-refractivity contribution in [2.24, 2.45) is 5.73 Å². The SMILES string of the molecule is C=C(C)CNC1(CN)CCN2CCCC2C1. The normalized spacial score (nSPS) is 35.0. The van der Waals surface area contributed by atoms with Gasteiger partial charge in [-0.3, -0.25) is 0 Å². The maximum Gasteiger partial charge on any atom is 0.0333 e. The van der Waals surface area contributed by atoms with E-state index < -0.39 is 0 Å². The summed E-state index contributed by atoms with van der Waals surface area (Å²) in [7, 11) is 0. The highest BCUT2D eigenvalue weighted by atomic mass is 15.2. The molecular weight excluding hydrogens is 198 g/mol. The number of hydrogen-bond acceptors (Lipinski definition) is 3. The summed E-state index contributed by atoms with van der Waals surface area (Å²) in [4.78, 5) is 2.64. The van der Waals surface area contributed by atoms with Crippen LogP contribution < -0.4 is 11.1 Å². The predicted octanol–water partition coefficient (Wildman–Crippen LogP) is 1.11. The van der Waals surface area contributed by atoms with E-state index in [0.717, 1.165) is 19.1 Å². The average molecular weight is 223 g/mol. The van der Waals surface area contributed by atoms with Gasteiger partial charge in [0.05, 0.1) is 0 Å². The molecule has 2 aliphatic heterocycles. The van der Waals surface area contributed by atoms with Gasteiger partial charge in [-0.25, -0.2) is 0 Å². The fraction of sp³-hybridized carbons (Fsp3) is 0.846. The fourth-order valence-corrected chi connectivity index (χ4v) is 3.09. The van der Waals surface area contributed by atoms with Crippen LogP contribution in [0.2, 0.25) is 0 Å². The van der Waals surface area contributed by atoms with E-state index in [4.69, 9.17) is 5.73 Å². The molecule has 3 heteroatoms. The standard InChI is InChI=1S/C13H25N3/c1-11(2)9-15-13(10-14)5-7-16-6-3-4-12(16)8-13/h12,15H,1,3-10,14H2,2H3. The number of fused-ring (bicyclic) bond motifs is 1. The van der Waals surface area contributed by atoms with E-state index in [0.29, 0.717) is 0 Å². The average Bonchev–Trinajstić information content (AvgIpc) is 2.73. The zero-order valence-electron chi connectivity index (χ0n) is 10.5. The Kier molecular flexibility index (Phi) is 3.67. The molecule has 0 aromatic heterocycles. The third kappa shape index (κ3) is 2.47. The van der Waals surface area contributed by atoms with Crippen LogP contribution in [-0.4, -0.2) is 42.7 Å². The smallest absolute Gasteiger partial charge is 0.0333 e. The highest BCUT2D eigenvalue weighted by Gasteiger charge is 2.40. The first-order valence-corrected chi connectivity index (χ1v) is 6.49. The van der Waals surface area contributed by atoms with Crippen LogP contribution >= 0.6 is 0 Å². The lowest BCUT2D eigenvalue weighted by atomic mass is 9.83. The van der Waals surface area contributed by atoms with Gasteiger partial charge in [-0.05, 0) is 39.2 Å². The lowest BCUT2D eigenvalue weighted by Crippen LogP contribution is -2.59. The number of nitrogens with one attached hydrogen (secondary N) is 1. The molecule has 2 unspecified atom stereocenters. The van der Waals surface area contributed by atoms with Crippen LogP contribution in [0.3, 0.4) is 0 Å². The first kappa shape index (κ1) is 12.1. The lowest BCUT2D eigenvalue weighted by Gasteiger charge is -2.44. The van der Waals surface area contributed by atoms with Gasteiger partial charge in [0.15, 0.2) is 0 Å². The predicted molar refractivity (Wildman–Crippen MR) is 68.4 cm³/mol. The van der Waals surface area contributed by atoms with Crippen molar-refractivity contribution in [1.29, 1.82) is 0 Å². The highest BCUT2D eigenvalue weighted by molar-refractivity contribution is 5.03. The Labute approximate surface area is 99.1 Å². The van der Waals surface area contributed by atoms with Crippen LogP contribution in [-0.2, 0) is 0 Å². The summed E-state index contributed by atoms with van der Waals surface area (Å²) in [6.07, 6.45) is 5.13. The molecule has 2 fully saturated rings. The van der Waals surface area contributed by atoms with Gasteiger partial charge in [0.2, 0.25) is 0 Å². The Bertz CT molecular complexity index is 264. The molecule has 0 aromatic rings. The molecule has 92 valence electrons. The van der Waals surface area contributed by atoms with Crippen molar-refractivity contribution in [3.8, 4) is 0 Å². The first-order valence-electron chi connectivity index (χ1n) is 6.49. The molecule has 0 spiro atoms. The van der Waals surface area contributed by atoms with Crippen LogP contribution in [0.1, 0.15) is 32.6 Å². The second-order valence-electron chi connectivity index (χ2n) is 5.58. The molecule has 2 saturated heterocycles. The summed E-state index contributed by atoms with van der Waals surface area (Å²) < 4.78 is 0. The third-order valence-corrected chi connectivity index (χ3v) is 4.16. The van der Waals surface area contributed by atoms with Gasteiger partial charge < -0.3 is 16.0 Å². The van der Waals surface area contributed by atoms with Crippen LogP contribution in [0.5, 0.6) is 0 Å². The van der Waals surface area contributed by atoms with Gasteiger partial charge >= 0.3 is 0 Å². The second-order valence-corrected chi connectivity index (χ2v) is 5.58. The first-order chi connectivity index (χ1) is 7.65. The Morgan fingerprint density at radius 1 is 1.56 bits per heavy atom. The van der Waals surface area contributed by atoms with Gasteiger partial charge in [0.25, 0.3) is 0 Å². The maximum atomic E-state index is 6.00. The maximum absolute atomic E-state index is 6.00. The number of hydrogen-bond donors (Lipinski definition) is 2. The van der Waals surface area contributed by atoms with E-state index >= 15 is 0 Å². The molecule has 0 radical (unpaired) electrons. The minimum Gasteiger partial charge on any atom is -0.329 e. The van der Waals surface area contributed by atoms with Crippen LogP contribution in [0.4, 0.5) is 0 Å². The minimum absolute atomic E-state index is 0.171. The summed E-state index contributed by atoms with van der Waals surface area (Å²) in [6.45, 7) is 10.2. The molecular formula is C13H25N3. The molecule has 0 aromatic carbocycles. The molecule has 2 heterocycles. The largest absolute Gasteiger partial charge is 0.329 e. The molecule has 3 N–H and O–H groups in total. The zero-order valence-corrected chi connectivity index (χ0v) is 10.5. The Hall–Kier alpha value is -0.380. The fourth-order valence-electron chi connectivity index (χ4n) is 3.09. The monoisotopic (exact) mass is 223 g/mol.